The van der Waals surface area contributed by atoms with Crippen molar-refractivity contribution in [1.82, 2.24) is 10.2 Å². The van der Waals surface area contributed by atoms with E-state index in [1.165, 1.54) is 0 Å². The Balaban J connectivity index is 2.05. The van der Waals surface area contributed by atoms with Gasteiger partial charge in [0.15, 0.2) is 0 Å². The molecule has 1 aliphatic rings. The van der Waals surface area contributed by atoms with Crippen LogP contribution in [0.1, 0.15) is 65.0 Å². The topological polar surface area (TPSA) is 99.1 Å². The third-order valence-corrected chi connectivity index (χ3v) is 5.14. The molecule has 1 aromatic carbocycles. The van der Waals surface area contributed by atoms with Crippen molar-refractivity contribution < 1.29 is 24.5 Å². The minimum atomic E-state index is -1.55. The number of amides is 2. The number of hydrogen-bond acceptors (Lipinski definition) is 5. The van der Waals surface area contributed by atoms with Gasteiger partial charge in [0, 0.05) is 32.0 Å². The quantitative estimate of drug-likeness (QED) is 0.675. The van der Waals surface area contributed by atoms with Crippen molar-refractivity contribution in [3.05, 3.63) is 35.9 Å². The summed E-state index contributed by atoms with van der Waals surface area (Å²) >= 11 is 0. The fourth-order valence-electron chi connectivity index (χ4n) is 3.62. The van der Waals surface area contributed by atoms with Gasteiger partial charge < -0.3 is 25.2 Å². The van der Waals surface area contributed by atoms with Crippen molar-refractivity contribution >= 4 is 12.0 Å². The van der Waals surface area contributed by atoms with Gasteiger partial charge in [0.2, 0.25) is 0 Å². The second kappa shape index (κ2) is 9.59. The first-order valence-electron chi connectivity index (χ1n) is 10.2. The van der Waals surface area contributed by atoms with E-state index in [1.807, 2.05) is 37.3 Å². The molecule has 29 heavy (non-hydrogen) atoms. The summed E-state index contributed by atoms with van der Waals surface area (Å²) in [6.07, 6.45) is 0.963. The molecule has 1 aromatic rings. The first-order valence-corrected chi connectivity index (χ1v) is 10.2. The van der Waals surface area contributed by atoms with E-state index in [0.717, 1.165) is 5.56 Å². The Kier molecular flexibility index (Phi) is 7.66. The van der Waals surface area contributed by atoms with Crippen molar-refractivity contribution in [3.63, 3.8) is 0 Å². The maximum atomic E-state index is 13.0. The smallest absolute Gasteiger partial charge is 0.410 e. The molecule has 1 saturated heterocycles. The summed E-state index contributed by atoms with van der Waals surface area (Å²) in [6.45, 7) is 7.50. The Bertz CT molecular complexity index is 688. The zero-order valence-corrected chi connectivity index (χ0v) is 17.9. The Morgan fingerprint density at radius 1 is 1.31 bits per heavy atom. The van der Waals surface area contributed by atoms with E-state index in [4.69, 9.17) is 4.74 Å². The van der Waals surface area contributed by atoms with Crippen molar-refractivity contribution in [2.75, 3.05) is 13.2 Å². The van der Waals surface area contributed by atoms with Crippen LogP contribution in [0, 0.1) is 0 Å². The summed E-state index contributed by atoms with van der Waals surface area (Å²) in [5, 5.41) is 23.2. The molecule has 0 radical (unpaired) electrons. The predicted octanol–water partition coefficient (Wildman–Crippen LogP) is 2.77. The number of piperidine rings is 1. The average Bonchev–Trinajstić information content (AvgIpc) is 2.64. The summed E-state index contributed by atoms with van der Waals surface area (Å²) in [5.74, 6) is -0.444. The Labute approximate surface area is 173 Å². The normalized spacial score (nSPS) is 23.4. The van der Waals surface area contributed by atoms with Crippen LogP contribution in [0.4, 0.5) is 4.79 Å². The minimum Gasteiger partial charge on any atom is -0.444 e. The molecule has 3 N–H and O–H groups in total. The van der Waals surface area contributed by atoms with Crippen molar-refractivity contribution in [2.45, 2.75) is 76.7 Å². The third-order valence-electron chi connectivity index (χ3n) is 5.14. The molecule has 2 rings (SSSR count). The number of aliphatic hydroxyl groups excluding tert-OH is 1. The summed E-state index contributed by atoms with van der Waals surface area (Å²) in [5.41, 5.74) is -1.22. The zero-order valence-electron chi connectivity index (χ0n) is 17.9. The highest BCUT2D eigenvalue weighted by atomic mass is 16.6. The molecule has 7 nitrogen and oxygen atoms in total. The maximum absolute atomic E-state index is 13.0. The molecule has 1 fully saturated rings. The maximum Gasteiger partial charge on any atom is 0.410 e. The molecule has 0 aromatic heterocycles. The lowest BCUT2D eigenvalue weighted by atomic mass is 9.85. The summed E-state index contributed by atoms with van der Waals surface area (Å²) < 4.78 is 5.42. The molecule has 7 heteroatoms. The number of rotatable bonds is 6. The number of carbonyl (C=O) groups is 2. The van der Waals surface area contributed by atoms with E-state index in [0.29, 0.717) is 12.8 Å². The molecule has 1 heterocycles. The fourth-order valence-corrected chi connectivity index (χ4v) is 3.62. The van der Waals surface area contributed by atoms with Gasteiger partial charge in [-0.3, -0.25) is 4.79 Å². The van der Waals surface area contributed by atoms with Gasteiger partial charge in [-0.25, -0.2) is 4.79 Å². The summed E-state index contributed by atoms with van der Waals surface area (Å²) in [4.78, 5) is 26.9. The fraction of sp³-hybridized carbons (Fsp3) is 0.636. The monoisotopic (exact) mass is 406 g/mol. The molecule has 2 amide bonds. The number of likely N-dealkylation sites (tertiary alicyclic amines) is 1. The van der Waals surface area contributed by atoms with E-state index < -0.39 is 23.2 Å². The van der Waals surface area contributed by atoms with Gasteiger partial charge in [-0.15, -0.1) is 0 Å². The van der Waals surface area contributed by atoms with Crippen molar-refractivity contribution in [2.24, 2.45) is 0 Å². The number of nitrogens with zero attached hydrogens (tertiary/aromatic N) is 1. The summed E-state index contributed by atoms with van der Waals surface area (Å²) in [7, 11) is 0. The molecular formula is C22H34N2O5. The average molecular weight is 407 g/mol. The molecule has 0 saturated carbocycles. The van der Waals surface area contributed by atoms with Crippen LogP contribution in [0.15, 0.2) is 30.3 Å². The predicted molar refractivity (Wildman–Crippen MR) is 110 cm³/mol. The third kappa shape index (κ3) is 6.44. The van der Waals surface area contributed by atoms with Crippen LogP contribution >= 0.6 is 0 Å². The van der Waals surface area contributed by atoms with E-state index >= 15 is 0 Å². The molecule has 3 unspecified atom stereocenters. The van der Waals surface area contributed by atoms with Gasteiger partial charge in [-0.05, 0) is 46.1 Å². The second-order valence-corrected chi connectivity index (χ2v) is 8.81. The van der Waals surface area contributed by atoms with Crippen LogP contribution in [-0.4, -0.2) is 57.5 Å². The minimum absolute atomic E-state index is 0.0331. The van der Waals surface area contributed by atoms with Crippen LogP contribution in [0.25, 0.3) is 0 Å². The molecule has 0 spiro atoms. The van der Waals surface area contributed by atoms with Crippen LogP contribution in [0.2, 0.25) is 0 Å². The molecule has 3 atom stereocenters. The Hall–Kier alpha value is -2.12. The van der Waals surface area contributed by atoms with Gasteiger partial charge in [0.25, 0.3) is 5.91 Å². The van der Waals surface area contributed by atoms with Gasteiger partial charge >= 0.3 is 6.09 Å². The van der Waals surface area contributed by atoms with Gasteiger partial charge in [-0.2, -0.15) is 0 Å². The van der Waals surface area contributed by atoms with Crippen LogP contribution in [0.3, 0.4) is 0 Å². The first kappa shape index (κ1) is 23.2. The van der Waals surface area contributed by atoms with Gasteiger partial charge in [-0.1, -0.05) is 30.3 Å². The highest BCUT2D eigenvalue weighted by Crippen LogP contribution is 2.30. The lowest BCUT2D eigenvalue weighted by Crippen LogP contribution is -2.58. The number of ether oxygens (including phenoxy) is 1. The Morgan fingerprint density at radius 3 is 2.52 bits per heavy atom. The van der Waals surface area contributed by atoms with Gasteiger partial charge in [0.1, 0.15) is 11.2 Å². The van der Waals surface area contributed by atoms with E-state index in [2.05, 4.69) is 5.32 Å². The van der Waals surface area contributed by atoms with Crippen molar-refractivity contribution in [1.29, 1.82) is 0 Å². The standard InChI is InChI=1S/C22H34N2O5/c1-16-15-22(28,12-13-24(16)20(27)29-21(2,3)4)19(26)23-18(11-8-14-25)17-9-6-5-7-10-17/h5-7,9-10,16,18,25,28H,8,11-15H2,1-4H3,(H,23,26). The number of benzene rings is 1. The molecule has 0 bridgehead atoms. The van der Waals surface area contributed by atoms with Crippen molar-refractivity contribution in [3.8, 4) is 0 Å². The highest BCUT2D eigenvalue weighted by Gasteiger charge is 2.45. The van der Waals surface area contributed by atoms with E-state index in [1.54, 1.807) is 25.7 Å². The first-order chi connectivity index (χ1) is 13.6. The van der Waals surface area contributed by atoms with Crippen LogP contribution < -0.4 is 5.32 Å². The van der Waals surface area contributed by atoms with Crippen LogP contribution in [-0.2, 0) is 9.53 Å². The SMILES string of the molecule is CC1CC(O)(C(=O)NC(CCCO)c2ccccc2)CCN1C(=O)OC(C)(C)C. The number of aliphatic hydroxyl groups is 2. The largest absolute Gasteiger partial charge is 0.444 e. The lowest BCUT2D eigenvalue weighted by molar-refractivity contribution is -0.147. The molecule has 162 valence electrons. The lowest BCUT2D eigenvalue weighted by Gasteiger charge is -2.42. The van der Waals surface area contributed by atoms with Gasteiger partial charge in [0.05, 0.1) is 6.04 Å². The molecule has 1 aliphatic heterocycles. The van der Waals surface area contributed by atoms with E-state index in [-0.39, 0.29) is 38.1 Å². The highest BCUT2D eigenvalue weighted by molar-refractivity contribution is 5.86. The molecule has 0 aliphatic carbocycles. The second-order valence-electron chi connectivity index (χ2n) is 8.81. The van der Waals surface area contributed by atoms with E-state index in [9.17, 15) is 19.8 Å². The zero-order chi connectivity index (χ0) is 21.7. The van der Waals surface area contributed by atoms with Crippen LogP contribution in [0.5, 0.6) is 0 Å². The Morgan fingerprint density at radius 2 is 1.97 bits per heavy atom. The summed E-state index contributed by atoms with van der Waals surface area (Å²) in [6, 6.07) is 8.89. The number of hydrogen-bond donors (Lipinski definition) is 3. The number of nitrogens with one attached hydrogen (secondary N) is 1. The number of carbonyl (C=O) groups excluding carboxylic acids is 2. The molecular weight excluding hydrogens is 372 g/mol.